The van der Waals surface area contributed by atoms with Crippen LogP contribution in [0.3, 0.4) is 0 Å². The SMILES string of the molecule is COc1cc(N2CCN(S(=O)(=O)c3ccccc3)CC2)nc(OC)n1. The molecule has 1 aliphatic rings. The predicted molar refractivity (Wildman–Crippen MR) is 92.5 cm³/mol. The number of ether oxygens (including phenoxy) is 2. The van der Waals surface area contributed by atoms with E-state index >= 15 is 0 Å². The summed E-state index contributed by atoms with van der Waals surface area (Å²) < 4.78 is 37.1. The standard InChI is InChI=1S/C16H20N4O4S/c1-23-15-12-14(17-16(18-15)24-2)19-8-10-20(11-9-19)25(21,22)13-6-4-3-5-7-13/h3-7,12H,8-11H2,1-2H3. The molecule has 0 amide bonds. The van der Waals surface area contributed by atoms with Gasteiger partial charge in [-0.1, -0.05) is 18.2 Å². The second-order valence-corrected chi connectivity index (χ2v) is 7.40. The van der Waals surface area contributed by atoms with Crippen LogP contribution in [0, 0.1) is 0 Å². The number of rotatable bonds is 5. The molecule has 0 atom stereocenters. The van der Waals surface area contributed by atoms with Crippen molar-refractivity contribution in [1.29, 1.82) is 0 Å². The lowest BCUT2D eigenvalue weighted by Gasteiger charge is -2.34. The van der Waals surface area contributed by atoms with Crippen LogP contribution >= 0.6 is 0 Å². The fourth-order valence-electron chi connectivity index (χ4n) is 2.65. The maximum Gasteiger partial charge on any atom is 0.321 e. The molecule has 3 rings (SSSR count). The van der Waals surface area contributed by atoms with Gasteiger partial charge in [0.25, 0.3) is 0 Å². The molecule has 2 aromatic rings. The molecule has 0 aliphatic carbocycles. The first kappa shape index (κ1) is 17.4. The minimum Gasteiger partial charge on any atom is -0.481 e. The largest absolute Gasteiger partial charge is 0.481 e. The van der Waals surface area contributed by atoms with E-state index in [0.29, 0.717) is 42.8 Å². The van der Waals surface area contributed by atoms with Gasteiger partial charge in [-0.05, 0) is 12.1 Å². The topological polar surface area (TPSA) is 84.9 Å². The molecule has 2 heterocycles. The molecule has 0 bridgehead atoms. The molecule has 134 valence electrons. The second-order valence-electron chi connectivity index (χ2n) is 5.46. The summed E-state index contributed by atoms with van der Waals surface area (Å²) in [5.41, 5.74) is 0. The normalized spacial score (nSPS) is 15.8. The summed E-state index contributed by atoms with van der Waals surface area (Å²) in [7, 11) is -0.456. The van der Waals surface area contributed by atoms with Gasteiger partial charge in [-0.3, -0.25) is 0 Å². The van der Waals surface area contributed by atoms with Crippen LogP contribution in [0.1, 0.15) is 0 Å². The Hall–Kier alpha value is -2.39. The molecule has 8 nitrogen and oxygen atoms in total. The van der Waals surface area contributed by atoms with E-state index in [2.05, 4.69) is 9.97 Å². The van der Waals surface area contributed by atoms with E-state index in [0.717, 1.165) is 0 Å². The Morgan fingerprint density at radius 1 is 0.960 bits per heavy atom. The van der Waals surface area contributed by atoms with E-state index in [1.807, 2.05) is 4.90 Å². The molecule has 0 spiro atoms. The fraction of sp³-hybridized carbons (Fsp3) is 0.375. The number of benzene rings is 1. The molecule has 0 saturated carbocycles. The first-order valence-corrected chi connectivity index (χ1v) is 9.26. The lowest BCUT2D eigenvalue weighted by molar-refractivity contribution is 0.349. The van der Waals surface area contributed by atoms with Crippen LogP contribution in [-0.2, 0) is 10.0 Å². The smallest absolute Gasteiger partial charge is 0.321 e. The van der Waals surface area contributed by atoms with E-state index in [4.69, 9.17) is 9.47 Å². The van der Waals surface area contributed by atoms with Crippen molar-refractivity contribution >= 4 is 15.8 Å². The molecule has 25 heavy (non-hydrogen) atoms. The van der Waals surface area contributed by atoms with Crippen LogP contribution in [0.2, 0.25) is 0 Å². The maximum atomic E-state index is 12.7. The van der Waals surface area contributed by atoms with Gasteiger partial charge in [-0.2, -0.15) is 14.3 Å². The summed E-state index contributed by atoms with van der Waals surface area (Å²) in [6, 6.07) is 10.4. The Bertz CT molecular complexity index is 799. The molecule has 1 aromatic heterocycles. The van der Waals surface area contributed by atoms with Gasteiger partial charge in [-0.25, -0.2) is 8.42 Å². The van der Waals surface area contributed by atoms with Gasteiger partial charge in [0.2, 0.25) is 15.9 Å². The van der Waals surface area contributed by atoms with Crippen LogP contribution in [0.4, 0.5) is 5.82 Å². The highest BCUT2D eigenvalue weighted by Crippen LogP contribution is 2.23. The number of hydrogen-bond donors (Lipinski definition) is 0. The Morgan fingerprint density at radius 3 is 2.24 bits per heavy atom. The average molecular weight is 364 g/mol. The van der Waals surface area contributed by atoms with E-state index in [-0.39, 0.29) is 6.01 Å². The third kappa shape index (κ3) is 3.67. The molecule has 0 radical (unpaired) electrons. The average Bonchev–Trinajstić information content (AvgIpc) is 2.68. The third-order valence-corrected chi connectivity index (χ3v) is 5.92. The summed E-state index contributed by atoms with van der Waals surface area (Å²) >= 11 is 0. The number of nitrogens with zero attached hydrogens (tertiary/aromatic N) is 4. The zero-order valence-electron chi connectivity index (χ0n) is 14.1. The second kappa shape index (κ2) is 7.24. The molecule has 1 saturated heterocycles. The summed E-state index contributed by atoms with van der Waals surface area (Å²) in [4.78, 5) is 10.7. The van der Waals surface area contributed by atoms with Gasteiger partial charge in [0, 0.05) is 32.2 Å². The number of hydrogen-bond acceptors (Lipinski definition) is 7. The highest BCUT2D eigenvalue weighted by atomic mass is 32.2. The lowest BCUT2D eigenvalue weighted by atomic mass is 10.3. The molecule has 1 aromatic carbocycles. The van der Waals surface area contributed by atoms with E-state index in [1.165, 1.54) is 18.5 Å². The van der Waals surface area contributed by atoms with Crippen molar-refractivity contribution in [3.8, 4) is 11.9 Å². The number of aromatic nitrogens is 2. The van der Waals surface area contributed by atoms with E-state index in [9.17, 15) is 8.42 Å². The van der Waals surface area contributed by atoms with Crippen molar-refractivity contribution in [3.63, 3.8) is 0 Å². The van der Waals surface area contributed by atoms with Gasteiger partial charge in [0.1, 0.15) is 5.82 Å². The first-order valence-electron chi connectivity index (χ1n) is 7.82. The Kier molecular flexibility index (Phi) is 5.05. The van der Waals surface area contributed by atoms with E-state index < -0.39 is 10.0 Å². The summed E-state index contributed by atoms with van der Waals surface area (Å²) in [5, 5.41) is 0. The van der Waals surface area contributed by atoms with Gasteiger partial charge in [-0.15, -0.1) is 0 Å². The Labute approximate surface area is 147 Å². The summed E-state index contributed by atoms with van der Waals surface area (Å²) in [6.07, 6.45) is 0. The molecule has 1 fully saturated rings. The van der Waals surface area contributed by atoms with Crippen molar-refractivity contribution in [2.75, 3.05) is 45.3 Å². The first-order chi connectivity index (χ1) is 12.0. The number of sulfonamides is 1. The highest BCUT2D eigenvalue weighted by Gasteiger charge is 2.29. The molecule has 0 N–H and O–H groups in total. The predicted octanol–water partition coefficient (Wildman–Crippen LogP) is 1.00. The van der Waals surface area contributed by atoms with Gasteiger partial charge in [0.05, 0.1) is 19.1 Å². The van der Waals surface area contributed by atoms with Crippen LogP contribution in [0.25, 0.3) is 0 Å². The van der Waals surface area contributed by atoms with Crippen LogP contribution in [-0.4, -0.2) is 63.1 Å². The molecular formula is C16H20N4O4S. The van der Waals surface area contributed by atoms with Crippen molar-refractivity contribution < 1.29 is 17.9 Å². The monoisotopic (exact) mass is 364 g/mol. The van der Waals surface area contributed by atoms with Gasteiger partial charge >= 0.3 is 6.01 Å². The molecule has 1 aliphatic heterocycles. The minimum atomic E-state index is -3.47. The van der Waals surface area contributed by atoms with Crippen molar-refractivity contribution in [3.05, 3.63) is 36.4 Å². The van der Waals surface area contributed by atoms with E-state index in [1.54, 1.807) is 36.4 Å². The maximum absolute atomic E-state index is 12.7. The Morgan fingerprint density at radius 2 is 1.64 bits per heavy atom. The summed E-state index contributed by atoms with van der Waals surface area (Å²) in [6.45, 7) is 1.81. The highest BCUT2D eigenvalue weighted by molar-refractivity contribution is 7.89. The van der Waals surface area contributed by atoms with Crippen molar-refractivity contribution in [2.24, 2.45) is 0 Å². The molecular weight excluding hydrogens is 344 g/mol. The van der Waals surface area contributed by atoms with Crippen LogP contribution in [0.15, 0.2) is 41.3 Å². The third-order valence-electron chi connectivity index (χ3n) is 4.00. The number of anilines is 1. The quantitative estimate of drug-likeness (QED) is 0.782. The summed E-state index contributed by atoms with van der Waals surface area (Å²) in [5.74, 6) is 1.06. The molecule has 9 heteroatoms. The van der Waals surface area contributed by atoms with Gasteiger partial charge in [0.15, 0.2) is 0 Å². The van der Waals surface area contributed by atoms with Crippen molar-refractivity contribution in [1.82, 2.24) is 14.3 Å². The zero-order chi connectivity index (χ0) is 17.9. The lowest BCUT2D eigenvalue weighted by Crippen LogP contribution is -2.48. The van der Waals surface area contributed by atoms with Crippen LogP contribution < -0.4 is 14.4 Å². The van der Waals surface area contributed by atoms with Crippen LogP contribution in [0.5, 0.6) is 11.9 Å². The minimum absolute atomic E-state index is 0.216. The zero-order valence-corrected chi connectivity index (χ0v) is 14.9. The number of piperazine rings is 1. The number of methoxy groups -OCH3 is 2. The van der Waals surface area contributed by atoms with Crippen molar-refractivity contribution in [2.45, 2.75) is 4.90 Å². The fourth-order valence-corrected chi connectivity index (χ4v) is 4.09. The Balaban J connectivity index is 1.74. The van der Waals surface area contributed by atoms with Gasteiger partial charge < -0.3 is 14.4 Å². The molecule has 0 unspecified atom stereocenters.